The summed E-state index contributed by atoms with van der Waals surface area (Å²) in [6, 6.07) is 0. The molecule has 1 N–H and O–H groups in total. The van der Waals surface area contributed by atoms with Gasteiger partial charge in [0.15, 0.2) is 6.10 Å². The summed E-state index contributed by atoms with van der Waals surface area (Å²) in [5.41, 5.74) is 0. The lowest BCUT2D eigenvalue weighted by Gasteiger charge is -2.25. The zero-order valence-corrected chi connectivity index (χ0v) is 56.2. The van der Waals surface area contributed by atoms with Crippen LogP contribution in [-0.2, 0) is 33.3 Å². The van der Waals surface area contributed by atoms with Gasteiger partial charge in [-0.3, -0.25) is 9.59 Å². The largest absolute Gasteiger partial charge is 0.477 e. The molecule has 0 rings (SSSR count). The number of rotatable bonds is 64. The van der Waals surface area contributed by atoms with Crippen LogP contribution in [0.15, 0.2) is 122 Å². The molecule has 0 aliphatic carbocycles. The fraction of sp³-hybridized carbons (Fsp3) is 0.701. The number of unbranched alkanes of at least 4 members (excludes halogenated alkanes) is 29. The van der Waals surface area contributed by atoms with Gasteiger partial charge in [0.25, 0.3) is 6.29 Å². The minimum atomic E-state index is -1.52. The Morgan fingerprint density at radius 1 is 0.360 bits per heavy atom. The maximum Gasteiger partial charge on any atom is 0.361 e. The van der Waals surface area contributed by atoms with Crippen LogP contribution in [0.1, 0.15) is 290 Å². The molecule has 0 heterocycles. The molecule has 0 bridgehead atoms. The highest BCUT2D eigenvalue weighted by Crippen LogP contribution is 2.17. The average Bonchev–Trinajstić information content (AvgIpc) is 3.63. The van der Waals surface area contributed by atoms with Crippen molar-refractivity contribution in [1.82, 2.24) is 0 Å². The van der Waals surface area contributed by atoms with Gasteiger partial charge in [0, 0.05) is 12.8 Å². The Balaban J connectivity index is 4.13. The molecule has 0 aliphatic rings. The van der Waals surface area contributed by atoms with Crippen LogP contribution in [0.25, 0.3) is 0 Å². The third-order valence-electron chi connectivity index (χ3n) is 15.0. The first-order valence-electron chi connectivity index (χ1n) is 35.2. The summed E-state index contributed by atoms with van der Waals surface area (Å²) in [6.07, 6.45) is 91.6. The van der Waals surface area contributed by atoms with E-state index in [1.165, 1.54) is 148 Å². The van der Waals surface area contributed by atoms with Crippen LogP contribution in [0.2, 0.25) is 0 Å². The highest BCUT2D eigenvalue weighted by atomic mass is 16.7. The van der Waals surface area contributed by atoms with Crippen LogP contribution in [0.4, 0.5) is 0 Å². The van der Waals surface area contributed by atoms with Crippen molar-refractivity contribution in [1.29, 1.82) is 0 Å². The van der Waals surface area contributed by atoms with Gasteiger partial charge in [0.2, 0.25) is 0 Å². The van der Waals surface area contributed by atoms with Crippen molar-refractivity contribution in [2.45, 2.75) is 302 Å². The molecule has 492 valence electrons. The molecule has 9 nitrogen and oxygen atoms in total. The molecule has 0 aromatic heterocycles. The second kappa shape index (κ2) is 66.6. The summed E-state index contributed by atoms with van der Waals surface area (Å²) in [6.45, 7) is 4.78. The van der Waals surface area contributed by atoms with E-state index in [9.17, 15) is 19.5 Å². The quantitative estimate of drug-likeness (QED) is 0.0211. The van der Waals surface area contributed by atoms with Gasteiger partial charge in [-0.25, -0.2) is 4.79 Å². The van der Waals surface area contributed by atoms with Gasteiger partial charge in [-0.05, 0) is 89.9 Å². The Hall–Kier alpha value is -4.31. The van der Waals surface area contributed by atoms with Gasteiger partial charge in [-0.2, -0.15) is 0 Å². The minimum Gasteiger partial charge on any atom is -0.477 e. The Morgan fingerprint density at radius 2 is 0.663 bits per heavy atom. The van der Waals surface area contributed by atoms with Crippen LogP contribution in [0.5, 0.6) is 0 Å². The molecular formula is C77H132NO8+. The Labute approximate surface area is 529 Å². The van der Waals surface area contributed by atoms with Gasteiger partial charge in [0.05, 0.1) is 34.4 Å². The lowest BCUT2D eigenvalue weighted by atomic mass is 10.0. The highest BCUT2D eigenvalue weighted by molar-refractivity contribution is 5.71. The number of aliphatic carboxylic acids is 1. The van der Waals surface area contributed by atoms with E-state index in [-0.39, 0.29) is 32.2 Å². The Morgan fingerprint density at radius 3 is 0.988 bits per heavy atom. The monoisotopic (exact) mass is 1200 g/mol. The van der Waals surface area contributed by atoms with Crippen molar-refractivity contribution in [3.63, 3.8) is 0 Å². The SMILES string of the molecule is CC/C=C\C/C=C\C/C=C\C/C=C\C/C=C\C/C=C\C/C=C\C/C=C\C/C=C\C/C=C\CCCCCCCCCCCCC(=O)OC(COC(=O)CCCCCCCCCCCCCCCCCCCCCC)COC(OCC[N+](C)(C)C)C(=O)O. The highest BCUT2D eigenvalue weighted by Gasteiger charge is 2.25. The van der Waals surface area contributed by atoms with Gasteiger partial charge in [-0.1, -0.05) is 309 Å². The number of hydrogen-bond acceptors (Lipinski definition) is 7. The number of ether oxygens (including phenoxy) is 4. The number of carbonyl (C=O) groups excluding carboxylic acids is 2. The zero-order valence-electron chi connectivity index (χ0n) is 56.2. The first-order valence-corrected chi connectivity index (χ1v) is 35.2. The molecule has 9 heteroatoms. The van der Waals surface area contributed by atoms with Crippen molar-refractivity contribution < 1.29 is 42.9 Å². The van der Waals surface area contributed by atoms with Crippen LogP contribution < -0.4 is 0 Å². The molecule has 0 saturated carbocycles. The van der Waals surface area contributed by atoms with Gasteiger partial charge < -0.3 is 28.5 Å². The summed E-state index contributed by atoms with van der Waals surface area (Å²) in [7, 11) is 5.97. The van der Waals surface area contributed by atoms with E-state index in [2.05, 4.69) is 135 Å². The van der Waals surface area contributed by atoms with Crippen molar-refractivity contribution >= 4 is 17.9 Å². The molecule has 86 heavy (non-hydrogen) atoms. The van der Waals surface area contributed by atoms with Crippen LogP contribution in [0.3, 0.4) is 0 Å². The fourth-order valence-electron chi connectivity index (χ4n) is 9.63. The minimum absolute atomic E-state index is 0.184. The van der Waals surface area contributed by atoms with Crippen molar-refractivity contribution in [3.8, 4) is 0 Å². The summed E-state index contributed by atoms with van der Waals surface area (Å²) < 4.78 is 23.0. The molecule has 0 aromatic rings. The van der Waals surface area contributed by atoms with Crippen molar-refractivity contribution in [3.05, 3.63) is 122 Å². The van der Waals surface area contributed by atoms with Crippen molar-refractivity contribution in [2.75, 3.05) is 47.5 Å². The van der Waals surface area contributed by atoms with E-state index in [4.69, 9.17) is 18.9 Å². The molecule has 2 unspecified atom stereocenters. The second-order valence-electron chi connectivity index (χ2n) is 24.5. The number of nitrogens with zero attached hydrogens (tertiary/aromatic N) is 1. The summed E-state index contributed by atoms with van der Waals surface area (Å²) in [5, 5.41) is 9.74. The topological polar surface area (TPSA) is 108 Å². The van der Waals surface area contributed by atoms with Gasteiger partial charge >= 0.3 is 17.9 Å². The number of carbonyl (C=O) groups is 3. The van der Waals surface area contributed by atoms with E-state index in [0.717, 1.165) is 109 Å². The molecule has 0 saturated heterocycles. The van der Waals surface area contributed by atoms with Crippen LogP contribution >= 0.6 is 0 Å². The predicted octanol–water partition coefficient (Wildman–Crippen LogP) is 22.0. The fourth-order valence-corrected chi connectivity index (χ4v) is 9.63. The summed E-state index contributed by atoms with van der Waals surface area (Å²) in [4.78, 5) is 37.6. The number of allylic oxidation sites excluding steroid dienone is 20. The van der Waals surface area contributed by atoms with E-state index in [0.29, 0.717) is 23.9 Å². The van der Waals surface area contributed by atoms with E-state index in [1.54, 1.807) is 0 Å². The second-order valence-corrected chi connectivity index (χ2v) is 24.5. The average molecular weight is 1200 g/mol. The number of quaternary nitrogens is 1. The number of hydrogen-bond donors (Lipinski definition) is 1. The van der Waals surface area contributed by atoms with E-state index in [1.807, 2.05) is 21.1 Å². The lowest BCUT2D eigenvalue weighted by Crippen LogP contribution is -2.40. The first-order chi connectivity index (χ1) is 42.1. The number of esters is 2. The van der Waals surface area contributed by atoms with E-state index < -0.39 is 24.3 Å². The zero-order chi connectivity index (χ0) is 62.6. The Bertz CT molecular complexity index is 1830. The third-order valence-corrected chi connectivity index (χ3v) is 15.0. The molecule has 0 aliphatic heterocycles. The molecule has 0 radical (unpaired) electrons. The third kappa shape index (κ3) is 67.2. The maximum absolute atomic E-state index is 12.9. The molecule has 0 amide bonds. The Kier molecular flexibility index (Phi) is 63.3. The molecule has 0 fully saturated rings. The van der Waals surface area contributed by atoms with Crippen molar-refractivity contribution in [2.24, 2.45) is 0 Å². The standard InChI is InChI=1S/C77H131NO8/c1-6-8-10-12-14-16-18-20-22-24-26-28-29-30-31-32-33-34-35-36-37-38-39-40-41-42-43-44-45-46-47-48-50-52-54-56-58-60-62-64-66-68-75(80)86-73(72-85-77(76(81)82)83-70-69-78(3,4)5)71-84-74(79)67-65-63-61-59-57-55-53-51-49-27-25-23-21-19-17-15-13-11-9-7-2/h8,10,14,16,20,22,26,28,30-31,33-34,36-37,39-40,42-43,45-46,73,77H,6-7,9,11-13,15,17-19,21,23-25,27,29,32,35,38,41,44,47-72H2,1-5H3/p+1/b10-8-,16-14-,22-20-,28-26-,31-30-,34-33-,37-36-,40-39-,43-42-,46-45-. The summed E-state index contributed by atoms with van der Waals surface area (Å²) >= 11 is 0. The lowest BCUT2D eigenvalue weighted by molar-refractivity contribution is -0.870. The number of likely N-dealkylation sites (N-methyl/N-ethyl adjacent to an activating group) is 1. The predicted molar refractivity (Wildman–Crippen MR) is 368 cm³/mol. The normalized spacial score (nSPS) is 13.5. The van der Waals surface area contributed by atoms with Gasteiger partial charge in [-0.15, -0.1) is 0 Å². The smallest absolute Gasteiger partial charge is 0.361 e. The number of carboxylic acid groups (broad SMARTS) is 1. The first kappa shape index (κ1) is 81.7. The molecule has 0 spiro atoms. The molecule has 0 aromatic carbocycles. The number of carboxylic acids is 1. The molecule has 2 atom stereocenters. The van der Waals surface area contributed by atoms with Crippen LogP contribution in [-0.4, -0.2) is 87.4 Å². The van der Waals surface area contributed by atoms with E-state index >= 15 is 0 Å². The summed E-state index contributed by atoms with van der Waals surface area (Å²) in [5.74, 6) is -2.00. The van der Waals surface area contributed by atoms with Gasteiger partial charge in [0.1, 0.15) is 13.2 Å². The maximum atomic E-state index is 12.9. The molecular weight excluding hydrogens is 1070 g/mol. The van der Waals surface area contributed by atoms with Crippen LogP contribution in [0, 0.1) is 0 Å².